The largest absolute Gasteiger partial charge is 0.573 e. The van der Waals surface area contributed by atoms with Crippen LogP contribution in [0.4, 0.5) is 13.2 Å². The molecule has 0 bridgehead atoms. The van der Waals surface area contributed by atoms with E-state index in [1.54, 1.807) is 0 Å². The van der Waals surface area contributed by atoms with E-state index < -0.39 is 6.36 Å². The van der Waals surface area contributed by atoms with Crippen molar-refractivity contribution in [3.8, 4) is 11.4 Å². The summed E-state index contributed by atoms with van der Waals surface area (Å²) in [6, 6.07) is 5.58. The zero-order chi connectivity index (χ0) is 21.7. The molecule has 1 aromatic heterocycles. The number of halogens is 3. The van der Waals surface area contributed by atoms with E-state index in [-0.39, 0.29) is 11.8 Å². The molecule has 1 aromatic carbocycles. The average Bonchev–Trinajstić information content (AvgIpc) is 3.14. The van der Waals surface area contributed by atoms with Crippen molar-refractivity contribution >= 4 is 0 Å². The highest BCUT2D eigenvalue weighted by atomic mass is 19.4. The average molecular weight is 418 g/mol. The van der Waals surface area contributed by atoms with Crippen molar-refractivity contribution in [3.05, 3.63) is 72.9 Å². The van der Waals surface area contributed by atoms with E-state index in [2.05, 4.69) is 28.0 Å². The number of hydrogen-bond donors (Lipinski definition) is 1. The second-order valence-corrected chi connectivity index (χ2v) is 7.45. The molecule has 160 valence electrons. The van der Waals surface area contributed by atoms with Crippen LogP contribution in [0.25, 0.3) is 5.69 Å². The van der Waals surface area contributed by atoms with E-state index in [9.17, 15) is 13.2 Å². The quantitative estimate of drug-likeness (QED) is 0.650. The zero-order valence-corrected chi connectivity index (χ0v) is 16.6. The van der Waals surface area contributed by atoms with E-state index in [0.717, 1.165) is 24.0 Å². The molecule has 2 unspecified atom stereocenters. The molecule has 8 heteroatoms. The summed E-state index contributed by atoms with van der Waals surface area (Å²) < 4.78 is 42.1. The molecule has 1 aliphatic carbocycles. The molecule has 0 saturated heterocycles. The van der Waals surface area contributed by atoms with Crippen LogP contribution in [0.2, 0.25) is 0 Å². The highest BCUT2D eigenvalue weighted by molar-refractivity contribution is 5.36. The molecule has 1 fully saturated rings. The molecule has 0 aliphatic heterocycles. The van der Waals surface area contributed by atoms with Gasteiger partial charge in [-0.15, -0.1) is 13.2 Å². The molecular formula is C22H25F3N4O. The Morgan fingerprint density at radius 1 is 1.17 bits per heavy atom. The van der Waals surface area contributed by atoms with Gasteiger partial charge in [-0.25, -0.2) is 9.67 Å². The van der Waals surface area contributed by atoms with Gasteiger partial charge in [0.2, 0.25) is 0 Å². The second kappa shape index (κ2) is 9.30. The van der Waals surface area contributed by atoms with Crippen LogP contribution >= 0.6 is 0 Å². The smallest absolute Gasteiger partial charge is 0.406 e. The summed E-state index contributed by atoms with van der Waals surface area (Å²) >= 11 is 0. The first kappa shape index (κ1) is 21.8. The van der Waals surface area contributed by atoms with Crippen LogP contribution in [0.15, 0.2) is 67.0 Å². The van der Waals surface area contributed by atoms with E-state index in [1.165, 1.54) is 48.1 Å². The van der Waals surface area contributed by atoms with Crippen LogP contribution in [-0.2, 0) is 6.42 Å². The zero-order valence-electron chi connectivity index (χ0n) is 16.6. The SMILES string of the molecule is C=C(/C=C\C(=C)C1CCCCC1N)Cc1ncn(-c2ccc(OC(F)(F)F)cc2)n1. The Morgan fingerprint density at radius 2 is 1.87 bits per heavy atom. The monoisotopic (exact) mass is 418 g/mol. The van der Waals surface area contributed by atoms with Crippen LogP contribution in [0.3, 0.4) is 0 Å². The Balaban J connectivity index is 1.57. The summed E-state index contributed by atoms with van der Waals surface area (Å²) in [4.78, 5) is 4.25. The molecule has 1 aliphatic rings. The van der Waals surface area contributed by atoms with Crippen molar-refractivity contribution in [1.82, 2.24) is 14.8 Å². The maximum Gasteiger partial charge on any atom is 0.573 e. The van der Waals surface area contributed by atoms with E-state index in [0.29, 0.717) is 23.9 Å². The molecular weight excluding hydrogens is 393 g/mol. The van der Waals surface area contributed by atoms with Crippen molar-refractivity contribution < 1.29 is 17.9 Å². The van der Waals surface area contributed by atoms with Gasteiger partial charge in [0, 0.05) is 12.5 Å². The summed E-state index contributed by atoms with van der Waals surface area (Å²) in [5.41, 5.74) is 8.62. The summed E-state index contributed by atoms with van der Waals surface area (Å²) in [5, 5.41) is 4.36. The number of ether oxygens (including phenoxy) is 1. The van der Waals surface area contributed by atoms with Crippen molar-refractivity contribution in [3.63, 3.8) is 0 Å². The fourth-order valence-corrected chi connectivity index (χ4v) is 3.53. The fourth-order valence-electron chi connectivity index (χ4n) is 3.53. The van der Waals surface area contributed by atoms with Gasteiger partial charge < -0.3 is 10.5 Å². The molecule has 0 radical (unpaired) electrons. The molecule has 5 nitrogen and oxygen atoms in total. The summed E-state index contributed by atoms with van der Waals surface area (Å²) in [6.45, 7) is 8.20. The van der Waals surface area contributed by atoms with Gasteiger partial charge >= 0.3 is 6.36 Å². The number of rotatable bonds is 7. The van der Waals surface area contributed by atoms with Gasteiger partial charge in [0.05, 0.1) is 5.69 Å². The topological polar surface area (TPSA) is 66.0 Å². The van der Waals surface area contributed by atoms with Crippen LogP contribution < -0.4 is 10.5 Å². The van der Waals surface area contributed by atoms with E-state index in [1.807, 2.05) is 12.2 Å². The number of alkyl halides is 3. The number of aromatic nitrogens is 3. The molecule has 2 N–H and O–H groups in total. The van der Waals surface area contributed by atoms with Gasteiger partial charge in [-0.3, -0.25) is 0 Å². The third-order valence-electron chi connectivity index (χ3n) is 5.09. The standard InChI is InChI=1S/C22H25F3N4O/c1-15(7-8-16(2)19-5-3-4-6-20(19)26)13-21-27-14-29(28-21)17-9-11-18(12-10-17)30-22(23,24)25/h7-12,14,19-20H,1-6,13,26H2/b8-7-. The molecule has 0 amide bonds. The minimum absolute atomic E-state index is 0.162. The van der Waals surface area contributed by atoms with Gasteiger partial charge in [-0.05, 0) is 48.6 Å². The summed E-state index contributed by atoms with van der Waals surface area (Å²) in [5.74, 6) is 0.577. The van der Waals surface area contributed by atoms with E-state index in [4.69, 9.17) is 5.73 Å². The van der Waals surface area contributed by atoms with Crippen molar-refractivity contribution in [2.75, 3.05) is 0 Å². The number of hydrogen-bond acceptors (Lipinski definition) is 4. The van der Waals surface area contributed by atoms with Crippen molar-refractivity contribution in [2.45, 2.75) is 44.5 Å². The Hall–Kier alpha value is -2.87. The summed E-state index contributed by atoms with van der Waals surface area (Å²) in [7, 11) is 0. The van der Waals surface area contributed by atoms with Crippen LogP contribution in [-0.4, -0.2) is 27.2 Å². The maximum absolute atomic E-state index is 12.3. The van der Waals surface area contributed by atoms with Gasteiger partial charge in [-0.1, -0.05) is 43.7 Å². The fraction of sp³-hybridized carbons (Fsp3) is 0.364. The number of nitrogens with two attached hydrogens (primary N) is 1. The molecule has 2 aromatic rings. The highest BCUT2D eigenvalue weighted by Gasteiger charge is 2.31. The van der Waals surface area contributed by atoms with Crippen LogP contribution in [0.5, 0.6) is 5.75 Å². The lowest BCUT2D eigenvalue weighted by Crippen LogP contribution is -2.33. The molecule has 2 atom stereocenters. The first-order valence-electron chi connectivity index (χ1n) is 9.78. The first-order chi connectivity index (χ1) is 14.2. The van der Waals surface area contributed by atoms with Gasteiger partial charge in [0.25, 0.3) is 0 Å². The Kier molecular flexibility index (Phi) is 6.77. The molecule has 3 rings (SSSR count). The Labute approximate surface area is 173 Å². The minimum Gasteiger partial charge on any atom is -0.406 e. The molecule has 30 heavy (non-hydrogen) atoms. The van der Waals surface area contributed by atoms with Crippen molar-refractivity contribution in [2.24, 2.45) is 11.7 Å². The maximum atomic E-state index is 12.3. The normalized spacial score (nSPS) is 19.7. The highest BCUT2D eigenvalue weighted by Crippen LogP contribution is 2.29. The van der Waals surface area contributed by atoms with Gasteiger partial charge in [-0.2, -0.15) is 5.10 Å². The third kappa shape index (κ3) is 6.06. The second-order valence-electron chi connectivity index (χ2n) is 7.45. The Bertz CT molecular complexity index is 915. The number of nitrogens with zero attached hydrogens (tertiary/aromatic N) is 3. The lowest BCUT2D eigenvalue weighted by Gasteiger charge is -2.29. The molecule has 1 saturated carbocycles. The minimum atomic E-state index is -4.72. The van der Waals surface area contributed by atoms with Gasteiger partial charge in [0.1, 0.15) is 12.1 Å². The number of allylic oxidation sites excluding steroid dienone is 3. The van der Waals surface area contributed by atoms with E-state index >= 15 is 0 Å². The predicted octanol–water partition coefficient (Wildman–Crippen LogP) is 4.89. The predicted molar refractivity (Wildman–Crippen MR) is 109 cm³/mol. The lowest BCUT2D eigenvalue weighted by molar-refractivity contribution is -0.274. The third-order valence-corrected chi connectivity index (χ3v) is 5.09. The molecule has 0 spiro atoms. The van der Waals surface area contributed by atoms with Gasteiger partial charge in [0.15, 0.2) is 5.82 Å². The van der Waals surface area contributed by atoms with Crippen LogP contribution in [0.1, 0.15) is 31.5 Å². The van der Waals surface area contributed by atoms with Crippen LogP contribution in [0, 0.1) is 5.92 Å². The molecule has 1 heterocycles. The lowest BCUT2D eigenvalue weighted by atomic mass is 9.80. The van der Waals surface area contributed by atoms with Crippen molar-refractivity contribution in [1.29, 1.82) is 0 Å². The first-order valence-corrected chi connectivity index (χ1v) is 9.78. The number of benzene rings is 1. The Morgan fingerprint density at radius 3 is 2.53 bits per heavy atom. The summed E-state index contributed by atoms with van der Waals surface area (Å²) in [6.07, 6.45) is 5.56.